The number of hydrogen-bond acceptors (Lipinski definition) is 5. The van der Waals surface area contributed by atoms with E-state index in [-0.39, 0.29) is 28.9 Å². The Morgan fingerprint density at radius 3 is 2.74 bits per heavy atom. The second-order valence-electron chi connectivity index (χ2n) is 4.55. The minimum atomic E-state index is -3.08. The molecular weight excluding hydrogens is 275 g/mol. The number of non-ortho nitro benzene ring substituents is 1. The zero-order valence-electron chi connectivity index (χ0n) is 10.0. The zero-order chi connectivity index (χ0) is 14.0. The maximum Gasteiger partial charge on any atom is 0.274 e. The number of anilines is 1. The number of nitro groups is 1. The average molecular weight is 288 g/mol. The number of halogens is 1. The quantitative estimate of drug-likeness (QED) is 0.675. The van der Waals surface area contributed by atoms with Crippen LogP contribution in [0.4, 0.5) is 15.8 Å². The lowest BCUT2D eigenvalue weighted by molar-refractivity contribution is -0.385. The summed E-state index contributed by atoms with van der Waals surface area (Å²) in [5.41, 5.74) is -0.130. The summed E-state index contributed by atoms with van der Waals surface area (Å²) in [4.78, 5) is 9.93. The summed E-state index contributed by atoms with van der Waals surface area (Å²) in [6, 6.07) is 2.81. The largest absolute Gasteiger partial charge is 0.381 e. The Labute approximate surface area is 109 Å². The molecule has 0 radical (unpaired) electrons. The molecule has 1 aliphatic heterocycles. The lowest BCUT2D eigenvalue weighted by atomic mass is 10.1. The lowest BCUT2D eigenvalue weighted by Crippen LogP contribution is -2.34. The highest BCUT2D eigenvalue weighted by Crippen LogP contribution is 2.23. The monoisotopic (exact) mass is 288 g/mol. The topological polar surface area (TPSA) is 89.3 Å². The van der Waals surface area contributed by atoms with Gasteiger partial charge in [-0.15, -0.1) is 0 Å². The first kappa shape index (κ1) is 13.7. The Kier molecular flexibility index (Phi) is 3.70. The summed E-state index contributed by atoms with van der Waals surface area (Å²) in [6.07, 6.45) is 1.18. The van der Waals surface area contributed by atoms with Gasteiger partial charge in [-0.05, 0) is 18.9 Å². The predicted octanol–water partition coefficient (Wildman–Crippen LogP) is 1.72. The summed E-state index contributed by atoms with van der Waals surface area (Å²) in [6.45, 7) is 0. The minimum Gasteiger partial charge on any atom is -0.381 e. The first-order chi connectivity index (χ1) is 8.85. The standard InChI is InChI=1S/C11H13FN2O4S/c12-8-4-10(6-11(5-8)14(15)16)13-9-2-1-3-19(17,18)7-9/h4-6,9,13H,1-3,7H2. The molecule has 2 rings (SSSR count). The van der Waals surface area contributed by atoms with Gasteiger partial charge >= 0.3 is 0 Å². The second kappa shape index (κ2) is 5.12. The number of sulfone groups is 1. The van der Waals surface area contributed by atoms with E-state index in [0.29, 0.717) is 12.8 Å². The van der Waals surface area contributed by atoms with Gasteiger partial charge in [-0.3, -0.25) is 10.1 Å². The lowest BCUT2D eigenvalue weighted by Gasteiger charge is -2.23. The molecule has 0 amide bonds. The van der Waals surface area contributed by atoms with Crippen molar-refractivity contribution in [3.8, 4) is 0 Å². The van der Waals surface area contributed by atoms with Crippen LogP contribution in [0.15, 0.2) is 18.2 Å². The molecule has 1 fully saturated rings. The van der Waals surface area contributed by atoms with Gasteiger partial charge in [-0.25, -0.2) is 12.8 Å². The van der Waals surface area contributed by atoms with E-state index in [1.807, 2.05) is 0 Å². The van der Waals surface area contributed by atoms with Crippen molar-refractivity contribution in [2.75, 3.05) is 16.8 Å². The van der Waals surface area contributed by atoms with Gasteiger partial charge in [0.1, 0.15) is 5.82 Å². The van der Waals surface area contributed by atoms with E-state index in [1.54, 1.807) is 0 Å². The molecule has 0 bridgehead atoms. The number of nitro benzene ring substituents is 1. The molecule has 8 heteroatoms. The van der Waals surface area contributed by atoms with Gasteiger partial charge in [0.25, 0.3) is 5.69 Å². The molecule has 19 heavy (non-hydrogen) atoms. The van der Waals surface area contributed by atoms with Crippen molar-refractivity contribution in [2.45, 2.75) is 18.9 Å². The van der Waals surface area contributed by atoms with Crippen LogP contribution >= 0.6 is 0 Å². The third-order valence-corrected chi connectivity index (χ3v) is 4.75. The van der Waals surface area contributed by atoms with E-state index in [4.69, 9.17) is 0 Å². The Morgan fingerprint density at radius 1 is 1.37 bits per heavy atom. The molecule has 0 aromatic heterocycles. The van der Waals surface area contributed by atoms with Crippen molar-refractivity contribution < 1.29 is 17.7 Å². The molecule has 1 aromatic carbocycles. The normalized spacial score (nSPS) is 21.8. The Balaban J connectivity index is 2.17. The third-order valence-electron chi connectivity index (χ3n) is 2.93. The van der Waals surface area contributed by atoms with E-state index in [2.05, 4.69) is 5.32 Å². The predicted molar refractivity (Wildman–Crippen MR) is 68.4 cm³/mol. The van der Waals surface area contributed by atoms with Crippen molar-refractivity contribution in [1.29, 1.82) is 0 Å². The Hall–Kier alpha value is -1.70. The Morgan fingerprint density at radius 2 is 2.11 bits per heavy atom. The van der Waals surface area contributed by atoms with E-state index in [9.17, 15) is 22.9 Å². The number of nitrogens with zero attached hydrogens (tertiary/aromatic N) is 1. The van der Waals surface area contributed by atoms with Crippen LogP contribution in [0.3, 0.4) is 0 Å². The number of hydrogen-bond donors (Lipinski definition) is 1. The van der Waals surface area contributed by atoms with Crippen LogP contribution < -0.4 is 5.32 Å². The molecule has 1 aromatic rings. The van der Waals surface area contributed by atoms with Crippen LogP contribution in [0.2, 0.25) is 0 Å². The SMILES string of the molecule is O=[N+]([O-])c1cc(F)cc(NC2CCCS(=O)(=O)C2)c1. The highest BCUT2D eigenvalue weighted by molar-refractivity contribution is 7.91. The highest BCUT2D eigenvalue weighted by atomic mass is 32.2. The fourth-order valence-corrected chi connectivity index (χ4v) is 3.77. The first-order valence-corrected chi connectivity index (χ1v) is 7.60. The smallest absolute Gasteiger partial charge is 0.274 e. The van der Waals surface area contributed by atoms with Gasteiger partial charge in [0.05, 0.1) is 22.5 Å². The van der Waals surface area contributed by atoms with Gasteiger partial charge in [-0.1, -0.05) is 0 Å². The molecule has 1 unspecified atom stereocenters. The minimum absolute atomic E-state index is 0.0304. The summed E-state index contributed by atoms with van der Waals surface area (Å²) in [7, 11) is -3.08. The van der Waals surface area contributed by atoms with Crippen LogP contribution in [0, 0.1) is 15.9 Å². The summed E-state index contributed by atoms with van der Waals surface area (Å²) in [5, 5.41) is 13.5. The fraction of sp³-hybridized carbons (Fsp3) is 0.455. The summed E-state index contributed by atoms with van der Waals surface area (Å²) in [5.74, 6) is -0.596. The van der Waals surface area contributed by atoms with Gasteiger partial charge in [0, 0.05) is 17.8 Å². The van der Waals surface area contributed by atoms with Crippen LogP contribution in [-0.4, -0.2) is 30.9 Å². The molecule has 0 spiro atoms. The van der Waals surface area contributed by atoms with Gasteiger partial charge in [0.15, 0.2) is 9.84 Å². The van der Waals surface area contributed by atoms with Crippen LogP contribution in [0.1, 0.15) is 12.8 Å². The Bertz CT molecular complexity index is 603. The van der Waals surface area contributed by atoms with Crippen LogP contribution in [-0.2, 0) is 9.84 Å². The third kappa shape index (κ3) is 3.63. The molecular formula is C11H13FN2O4S. The van der Waals surface area contributed by atoms with Crippen LogP contribution in [0.25, 0.3) is 0 Å². The molecule has 0 aliphatic carbocycles. The summed E-state index contributed by atoms with van der Waals surface area (Å²) < 4.78 is 36.2. The average Bonchev–Trinajstić information content (AvgIpc) is 2.26. The van der Waals surface area contributed by atoms with E-state index in [1.165, 1.54) is 6.07 Å². The number of benzene rings is 1. The molecule has 1 aliphatic rings. The maximum atomic E-state index is 13.2. The second-order valence-corrected chi connectivity index (χ2v) is 6.78. The zero-order valence-corrected chi connectivity index (χ0v) is 10.8. The van der Waals surface area contributed by atoms with Gasteiger partial charge in [-0.2, -0.15) is 0 Å². The number of rotatable bonds is 3. The molecule has 1 heterocycles. The first-order valence-electron chi connectivity index (χ1n) is 5.78. The van der Waals surface area contributed by atoms with Gasteiger partial charge < -0.3 is 5.32 Å². The van der Waals surface area contributed by atoms with Crippen molar-refractivity contribution in [2.24, 2.45) is 0 Å². The van der Waals surface area contributed by atoms with Gasteiger partial charge in [0.2, 0.25) is 0 Å². The summed E-state index contributed by atoms with van der Waals surface area (Å²) >= 11 is 0. The fourth-order valence-electron chi connectivity index (χ4n) is 2.14. The maximum absolute atomic E-state index is 13.2. The van der Waals surface area contributed by atoms with Crippen molar-refractivity contribution in [3.63, 3.8) is 0 Å². The van der Waals surface area contributed by atoms with Crippen molar-refractivity contribution in [1.82, 2.24) is 0 Å². The molecule has 1 atom stereocenters. The van der Waals surface area contributed by atoms with E-state index in [0.717, 1.165) is 12.1 Å². The molecule has 0 saturated carbocycles. The van der Waals surface area contributed by atoms with E-state index >= 15 is 0 Å². The molecule has 1 N–H and O–H groups in total. The highest BCUT2D eigenvalue weighted by Gasteiger charge is 2.25. The molecule has 6 nitrogen and oxygen atoms in total. The van der Waals surface area contributed by atoms with Crippen LogP contribution in [0.5, 0.6) is 0 Å². The van der Waals surface area contributed by atoms with Crippen molar-refractivity contribution >= 4 is 21.2 Å². The molecule has 104 valence electrons. The van der Waals surface area contributed by atoms with Crippen molar-refractivity contribution in [3.05, 3.63) is 34.1 Å². The van der Waals surface area contributed by atoms with E-state index < -0.39 is 20.6 Å². The molecule has 1 saturated heterocycles. The number of nitrogens with one attached hydrogen (secondary N) is 1.